The molecular weight excluding hydrogens is 259 g/mol. The van der Waals surface area contributed by atoms with Crippen LogP contribution in [0.3, 0.4) is 0 Å². The molecule has 0 fully saturated rings. The van der Waals surface area contributed by atoms with E-state index in [1.165, 1.54) is 6.07 Å². The summed E-state index contributed by atoms with van der Waals surface area (Å²) in [6.07, 6.45) is 0. The van der Waals surface area contributed by atoms with Gasteiger partial charge < -0.3 is 11.5 Å². The molecule has 1 rings (SSSR count). The molecule has 0 aliphatic heterocycles. The highest BCUT2D eigenvalue weighted by atomic mass is 32.2. The third-order valence-corrected chi connectivity index (χ3v) is 4.01. The van der Waals surface area contributed by atoms with Crippen molar-refractivity contribution in [2.45, 2.75) is 18.7 Å². The number of rotatable bonds is 5. The van der Waals surface area contributed by atoms with Crippen molar-refractivity contribution in [3.05, 3.63) is 35.1 Å². The molecule has 1 atom stereocenters. The van der Waals surface area contributed by atoms with E-state index in [1.807, 2.05) is 0 Å². The van der Waals surface area contributed by atoms with Gasteiger partial charge in [0.05, 0.1) is 11.5 Å². The first-order valence-corrected chi connectivity index (χ1v) is 7.07. The minimum absolute atomic E-state index is 0.0717. The monoisotopic (exact) mass is 274 g/mol. The normalized spacial score (nSPS) is 13.3. The van der Waals surface area contributed by atoms with Crippen molar-refractivity contribution in [1.82, 2.24) is 0 Å². The van der Waals surface area contributed by atoms with Gasteiger partial charge in [-0.1, -0.05) is 0 Å². The summed E-state index contributed by atoms with van der Waals surface area (Å²) in [5.41, 5.74) is 10.4. The Bertz CT molecular complexity index is 555. The number of nitrogens with two attached hydrogens (primary N) is 2. The number of halogens is 1. The van der Waals surface area contributed by atoms with Crippen LogP contribution in [0.4, 0.5) is 4.39 Å². The first-order valence-electron chi connectivity index (χ1n) is 5.25. The molecule has 0 aliphatic rings. The second kappa shape index (κ2) is 5.45. The van der Waals surface area contributed by atoms with Crippen molar-refractivity contribution in [3.63, 3.8) is 0 Å². The van der Waals surface area contributed by atoms with Gasteiger partial charge in [0, 0.05) is 17.2 Å². The topological polar surface area (TPSA) is 103 Å². The number of carbonyl (C=O) groups excluding carboxylic acids is 1. The maximum atomic E-state index is 13.5. The molecule has 7 heteroatoms. The van der Waals surface area contributed by atoms with Crippen LogP contribution in [-0.4, -0.2) is 26.1 Å². The lowest BCUT2D eigenvalue weighted by molar-refractivity contribution is 0.1000. The van der Waals surface area contributed by atoms with Crippen LogP contribution in [0.15, 0.2) is 18.2 Å². The number of primary amides is 1. The van der Waals surface area contributed by atoms with Gasteiger partial charge >= 0.3 is 0 Å². The highest BCUT2D eigenvalue weighted by Crippen LogP contribution is 2.14. The molecule has 1 unspecified atom stereocenters. The Balaban J connectivity index is 3.04. The van der Waals surface area contributed by atoms with Gasteiger partial charge in [0.2, 0.25) is 5.91 Å². The number of sulfone groups is 1. The summed E-state index contributed by atoms with van der Waals surface area (Å²) in [6, 6.07) is 2.85. The van der Waals surface area contributed by atoms with Crippen LogP contribution >= 0.6 is 0 Å². The molecule has 0 spiro atoms. The van der Waals surface area contributed by atoms with Crippen LogP contribution in [0.1, 0.15) is 22.8 Å². The zero-order valence-electron chi connectivity index (χ0n) is 9.89. The van der Waals surface area contributed by atoms with E-state index >= 15 is 0 Å². The Kier molecular flexibility index (Phi) is 4.42. The average Bonchev–Trinajstić information content (AvgIpc) is 2.18. The summed E-state index contributed by atoms with van der Waals surface area (Å²) < 4.78 is 36.8. The van der Waals surface area contributed by atoms with E-state index in [2.05, 4.69) is 0 Å². The smallest absolute Gasteiger partial charge is 0.248 e. The van der Waals surface area contributed by atoms with Crippen LogP contribution in [0.25, 0.3) is 0 Å². The number of hydrogen-bond acceptors (Lipinski definition) is 4. The molecule has 0 heterocycles. The molecule has 5 nitrogen and oxygen atoms in total. The van der Waals surface area contributed by atoms with Crippen LogP contribution in [0.5, 0.6) is 0 Å². The Morgan fingerprint density at radius 1 is 1.44 bits per heavy atom. The van der Waals surface area contributed by atoms with Crippen LogP contribution < -0.4 is 11.5 Å². The molecule has 4 N–H and O–H groups in total. The fourth-order valence-corrected chi connectivity index (χ4v) is 3.15. The molecule has 0 radical (unpaired) electrons. The lowest BCUT2D eigenvalue weighted by Gasteiger charge is -2.08. The molecule has 1 aromatic rings. The van der Waals surface area contributed by atoms with Gasteiger partial charge in [-0.25, -0.2) is 12.8 Å². The highest BCUT2D eigenvalue weighted by molar-refractivity contribution is 7.90. The van der Waals surface area contributed by atoms with Gasteiger partial charge in [0.15, 0.2) is 9.84 Å². The van der Waals surface area contributed by atoms with E-state index in [0.29, 0.717) is 0 Å². The quantitative estimate of drug-likeness (QED) is 0.799. The fraction of sp³-hybridized carbons (Fsp3) is 0.364. The summed E-state index contributed by atoms with van der Waals surface area (Å²) in [6.45, 7) is 1.55. The Morgan fingerprint density at radius 2 is 2.06 bits per heavy atom. The van der Waals surface area contributed by atoms with Crippen LogP contribution in [-0.2, 0) is 15.6 Å². The molecule has 0 aromatic heterocycles. The number of amides is 1. The lowest BCUT2D eigenvalue weighted by Crippen LogP contribution is -2.27. The molecule has 0 bridgehead atoms. The van der Waals surface area contributed by atoms with Gasteiger partial charge in [-0.3, -0.25) is 4.79 Å². The molecule has 0 aliphatic carbocycles. The van der Waals surface area contributed by atoms with E-state index in [4.69, 9.17) is 11.5 Å². The zero-order valence-corrected chi connectivity index (χ0v) is 10.7. The van der Waals surface area contributed by atoms with Gasteiger partial charge in [0.1, 0.15) is 5.82 Å². The molecule has 18 heavy (non-hydrogen) atoms. The summed E-state index contributed by atoms with van der Waals surface area (Å²) in [7, 11) is -3.52. The molecule has 1 aromatic carbocycles. The Morgan fingerprint density at radius 3 is 2.56 bits per heavy atom. The van der Waals surface area contributed by atoms with Crippen molar-refractivity contribution in [3.8, 4) is 0 Å². The number of hydrogen-bond donors (Lipinski definition) is 2. The van der Waals surface area contributed by atoms with Crippen molar-refractivity contribution in [2.24, 2.45) is 11.5 Å². The van der Waals surface area contributed by atoms with Gasteiger partial charge in [0.25, 0.3) is 0 Å². The van der Waals surface area contributed by atoms with Crippen molar-refractivity contribution in [2.75, 3.05) is 5.75 Å². The van der Waals surface area contributed by atoms with E-state index in [9.17, 15) is 17.6 Å². The summed E-state index contributed by atoms with van der Waals surface area (Å²) in [4.78, 5) is 10.9. The van der Waals surface area contributed by atoms with Crippen LogP contribution in [0, 0.1) is 5.82 Å². The highest BCUT2D eigenvalue weighted by Gasteiger charge is 2.17. The second-order valence-electron chi connectivity index (χ2n) is 4.20. The van der Waals surface area contributed by atoms with Crippen LogP contribution in [0.2, 0.25) is 0 Å². The molecular formula is C11H15FN2O3S. The van der Waals surface area contributed by atoms with Crippen molar-refractivity contribution < 1.29 is 17.6 Å². The predicted molar refractivity (Wildman–Crippen MR) is 66.1 cm³/mol. The molecule has 0 saturated heterocycles. The minimum Gasteiger partial charge on any atom is -0.366 e. The fourth-order valence-electron chi connectivity index (χ4n) is 1.54. The standard InChI is InChI=1S/C11H15FN2O3S/c1-7(13)5-18(16,17)6-9-4-8(11(14)15)2-3-10(9)12/h2-4,7H,5-6,13H2,1H3,(H2,14,15). The molecule has 100 valence electrons. The third-order valence-electron chi connectivity index (χ3n) is 2.22. The first kappa shape index (κ1) is 14.6. The molecule has 1 amide bonds. The van der Waals surface area contributed by atoms with E-state index < -0.39 is 33.4 Å². The molecule has 0 saturated carbocycles. The maximum Gasteiger partial charge on any atom is 0.248 e. The predicted octanol–water partition coefficient (Wildman–Crippen LogP) is 0.187. The first-order chi connectivity index (χ1) is 8.21. The van der Waals surface area contributed by atoms with E-state index in [1.54, 1.807) is 6.92 Å². The Labute approximate surface area is 105 Å². The van der Waals surface area contributed by atoms with Crippen molar-refractivity contribution >= 4 is 15.7 Å². The summed E-state index contributed by atoms with van der Waals surface area (Å²) in [5, 5.41) is 0. The summed E-state index contributed by atoms with van der Waals surface area (Å²) >= 11 is 0. The number of benzene rings is 1. The van der Waals surface area contributed by atoms with Gasteiger partial charge in [-0.05, 0) is 25.1 Å². The third kappa shape index (κ3) is 4.08. The average molecular weight is 274 g/mol. The SMILES string of the molecule is CC(N)CS(=O)(=O)Cc1cc(C(N)=O)ccc1F. The maximum absolute atomic E-state index is 13.5. The minimum atomic E-state index is -3.52. The van der Waals surface area contributed by atoms with Gasteiger partial charge in [-0.15, -0.1) is 0 Å². The lowest BCUT2D eigenvalue weighted by atomic mass is 10.1. The zero-order chi connectivity index (χ0) is 13.9. The van der Waals surface area contributed by atoms with Gasteiger partial charge in [-0.2, -0.15) is 0 Å². The Hall–Kier alpha value is -1.47. The van der Waals surface area contributed by atoms with E-state index in [-0.39, 0.29) is 16.9 Å². The summed E-state index contributed by atoms with van der Waals surface area (Å²) in [5.74, 6) is -2.16. The number of carbonyl (C=O) groups is 1. The second-order valence-corrected chi connectivity index (χ2v) is 6.31. The van der Waals surface area contributed by atoms with Crippen molar-refractivity contribution in [1.29, 1.82) is 0 Å². The largest absolute Gasteiger partial charge is 0.366 e. The van der Waals surface area contributed by atoms with E-state index in [0.717, 1.165) is 12.1 Å².